The van der Waals surface area contributed by atoms with Gasteiger partial charge in [-0.2, -0.15) is 0 Å². The van der Waals surface area contributed by atoms with E-state index in [1.165, 1.54) is 37.8 Å². The predicted molar refractivity (Wildman–Crippen MR) is 63.7 cm³/mol. The van der Waals surface area contributed by atoms with E-state index in [9.17, 15) is 0 Å². The summed E-state index contributed by atoms with van der Waals surface area (Å²) in [4.78, 5) is 3.23. The average Bonchev–Trinajstić information content (AvgIpc) is 2.80. The maximum atomic E-state index is 3.62. The maximum absolute atomic E-state index is 3.62. The van der Waals surface area contributed by atoms with Crippen LogP contribution in [0.5, 0.6) is 0 Å². The number of aromatic nitrogens is 1. The van der Waals surface area contributed by atoms with E-state index >= 15 is 0 Å². The van der Waals surface area contributed by atoms with Crippen molar-refractivity contribution in [3.63, 3.8) is 0 Å². The fourth-order valence-corrected chi connectivity index (χ4v) is 2.55. The SMILES string of the molecule is C[C@@H](NCc1ccc[nH]1)C1CCCCC1. The summed E-state index contributed by atoms with van der Waals surface area (Å²) in [6.45, 7) is 3.31. The van der Waals surface area contributed by atoms with Crippen LogP contribution in [-0.4, -0.2) is 11.0 Å². The highest BCUT2D eigenvalue weighted by molar-refractivity contribution is 5.03. The first-order valence-electron chi connectivity index (χ1n) is 6.22. The van der Waals surface area contributed by atoms with Gasteiger partial charge in [0.25, 0.3) is 0 Å². The standard InChI is InChI=1S/C13H22N2/c1-11(12-6-3-2-4-7-12)15-10-13-8-5-9-14-13/h5,8-9,11-12,14-15H,2-4,6-7,10H2,1H3/t11-/m1/s1. The molecule has 84 valence electrons. The van der Waals surface area contributed by atoms with Crippen molar-refractivity contribution in [2.75, 3.05) is 0 Å². The molecule has 2 nitrogen and oxygen atoms in total. The Morgan fingerprint density at radius 3 is 2.87 bits per heavy atom. The van der Waals surface area contributed by atoms with E-state index < -0.39 is 0 Å². The molecule has 1 atom stereocenters. The highest BCUT2D eigenvalue weighted by atomic mass is 14.9. The maximum Gasteiger partial charge on any atom is 0.0359 e. The summed E-state index contributed by atoms with van der Waals surface area (Å²) < 4.78 is 0. The van der Waals surface area contributed by atoms with Crippen molar-refractivity contribution >= 4 is 0 Å². The van der Waals surface area contributed by atoms with Crippen molar-refractivity contribution in [3.8, 4) is 0 Å². The van der Waals surface area contributed by atoms with Gasteiger partial charge in [0.15, 0.2) is 0 Å². The Kier molecular flexibility index (Phi) is 3.84. The average molecular weight is 206 g/mol. The minimum absolute atomic E-state index is 0.661. The second-order valence-electron chi connectivity index (χ2n) is 4.76. The first-order chi connectivity index (χ1) is 7.36. The lowest BCUT2D eigenvalue weighted by Crippen LogP contribution is -2.34. The smallest absolute Gasteiger partial charge is 0.0359 e. The van der Waals surface area contributed by atoms with Gasteiger partial charge in [-0.25, -0.2) is 0 Å². The van der Waals surface area contributed by atoms with Gasteiger partial charge in [-0.15, -0.1) is 0 Å². The molecule has 2 N–H and O–H groups in total. The molecule has 1 aromatic rings. The first-order valence-corrected chi connectivity index (χ1v) is 6.22. The van der Waals surface area contributed by atoms with Crippen LogP contribution >= 0.6 is 0 Å². The van der Waals surface area contributed by atoms with Crippen LogP contribution in [0.2, 0.25) is 0 Å². The highest BCUT2D eigenvalue weighted by Crippen LogP contribution is 2.26. The van der Waals surface area contributed by atoms with Crippen molar-refractivity contribution in [1.82, 2.24) is 10.3 Å². The molecule has 15 heavy (non-hydrogen) atoms. The van der Waals surface area contributed by atoms with Crippen LogP contribution in [0.4, 0.5) is 0 Å². The van der Waals surface area contributed by atoms with Gasteiger partial charge in [-0.05, 0) is 37.8 Å². The number of hydrogen-bond donors (Lipinski definition) is 2. The Hall–Kier alpha value is -0.760. The van der Waals surface area contributed by atoms with Crippen LogP contribution in [0.1, 0.15) is 44.7 Å². The molecule has 1 aromatic heterocycles. The molecule has 0 saturated heterocycles. The van der Waals surface area contributed by atoms with E-state index in [2.05, 4.69) is 29.4 Å². The molecule has 1 fully saturated rings. The Balaban J connectivity index is 1.74. The van der Waals surface area contributed by atoms with Crippen LogP contribution in [0.15, 0.2) is 18.3 Å². The second kappa shape index (κ2) is 5.36. The van der Waals surface area contributed by atoms with Gasteiger partial charge in [0.1, 0.15) is 0 Å². The zero-order chi connectivity index (χ0) is 10.5. The number of H-pyrrole nitrogens is 1. The molecule has 0 bridgehead atoms. The summed E-state index contributed by atoms with van der Waals surface area (Å²) in [7, 11) is 0. The summed E-state index contributed by atoms with van der Waals surface area (Å²) in [5, 5.41) is 3.62. The fraction of sp³-hybridized carbons (Fsp3) is 0.692. The molecule has 2 heteroatoms. The van der Waals surface area contributed by atoms with Crippen LogP contribution in [0, 0.1) is 5.92 Å². The lowest BCUT2D eigenvalue weighted by atomic mass is 9.84. The molecule has 0 unspecified atom stereocenters. The van der Waals surface area contributed by atoms with Crippen LogP contribution in [0.3, 0.4) is 0 Å². The van der Waals surface area contributed by atoms with Crippen molar-refractivity contribution in [3.05, 3.63) is 24.0 Å². The van der Waals surface area contributed by atoms with Crippen LogP contribution in [-0.2, 0) is 6.54 Å². The quantitative estimate of drug-likeness (QED) is 0.778. The highest BCUT2D eigenvalue weighted by Gasteiger charge is 2.19. The third-order valence-corrected chi connectivity index (χ3v) is 3.63. The summed E-state index contributed by atoms with van der Waals surface area (Å²) in [6.07, 6.45) is 9.12. The lowest BCUT2D eigenvalue weighted by Gasteiger charge is -2.28. The minimum Gasteiger partial charge on any atom is -0.364 e. The van der Waals surface area contributed by atoms with E-state index in [1.807, 2.05) is 6.20 Å². The van der Waals surface area contributed by atoms with Crippen molar-refractivity contribution < 1.29 is 0 Å². The molecular weight excluding hydrogens is 184 g/mol. The Morgan fingerprint density at radius 1 is 1.40 bits per heavy atom. The molecular formula is C13H22N2. The zero-order valence-electron chi connectivity index (χ0n) is 9.63. The van der Waals surface area contributed by atoms with Gasteiger partial charge in [0.05, 0.1) is 0 Å². The largest absolute Gasteiger partial charge is 0.364 e. The molecule has 0 spiro atoms. The number of hydrogen-bond acceptors (Lipinski definition) is 1. The van der Waals surface area contributed by atoms with E-state index in [0.29, 0.717) is 6.04 Å². The molecule has 0 aliphatic heterocycles. The summed E-state index contributed by atoms with van der Waals surface area (Å²) in [6, 6.07) is 4.86. The Bertz CT molecular complexity index is 260. The van der Waals surface area contributed by atoms with Gasteiger partial charge in [-0.1, -0.05) is 19.3 Å². The van der Waals surface area contributed by atoms with Gasteiger partial charge in [0.2, 0.25) is 0 Å². The third-order valence-electron chi connectivity index (χ3n) is 3.63. The molecule has 0 radical (unpaired) electrons. The molecule has 0 aromatic carbocycles. The summed E-state index contributed by atoms with van der Waals surface area (Å²) >= 11 is 0. The summed E-state index contributed by atoms with van der Waals surface area (Å²) in [5.74, 6) is 0.897. The Labute approximate surface area is 92.5 Å². The van der Waals surface area contributed by atoms with Crippen molar-refractivity contribution in [1.29, 1.82) is 0 Å². The molecule has 1 aliphatic carbocycles. The van der Waals surface area contributed by atoms with Gasteiger partial charge in [0, 0.05) is 24.5 Å². The normalized spacial score (nSPS) is 20.3. The van der Waals surface area contributed by atoms with Crippen LogP contribution < -0.4 is 5.32 Å². The second-order valence-corrected chi connectivity index (χ2v) is 4.76. The van der Waals surface area contributed by atoms with Gasteiger partial charge in [-0.3, -0.25) is 0 Å². The van der Waals surface area contributed by atoms with E-state index in [0.717, 1.165) is 12.5 Å². The van der Waals surface area contributed by atoms with Crippen molar-refractivity contribution in [2.45, 2.75) is 51.6 Å². The van der Waals surface area contributed by atoms with E-state index in [-0.39, 0.29) is 0 Å². The topological polar surface area (TPSA) is 27.8 Å². The fourth-order valence-electron chi connectivity index (χ4n) is 2.55. The minimum atomic E-state index is 0.661. The molecule has 1 heterocycles. The van der Waals surface area contributed by atoms with Crippen molar-refractivity contribution in [2.24, 2.45) is 5.92 Å². The number of rotatable bonds is 4. The number of nitrogens with one attached hydrogen (secondary N) is 2. The molecule has 1 saturated carbocycles. The first kappa shape index (κ1) is 10.7. The lowest BCUT2D eigenvalue weighted by molar-refractivity contribution is 0.280. The molecule has 0 amide bonds. The zero-order valence-corrected chi connectivity index (χ0v) is 9.63. The van der Waals surface area contributed by atoms with E-state index in [4.69, 9.17) is 0 Å². The molecule has 2 rings (SSSR count). The van der Waals surface area contributed by atoms with Gasteiger partial charge < -0.3 is 10.3 Å². The van der Waals surface area contributed by atoms with Gasteiger partial charge >= 0.3 is 0 Å². The van der Waals surface area contributed by atoms with E-state index in [1.54, 1.807) is 0 Å². The summed E-state index contributed by atoms with van der Waals surface area (Å²) in [5.41, 5.74) is 1.29. The Morgan fingerprint density at radius 2 is 2.20 bits per heavy atom. The molecule has 1 aliphatic rings. The monoisotopic (exact) mass is 206 g/mol. The predicted octanol–water partition coefficient (Wildman–Crippen LogP) is 3.07. The third kappa shape index (κ3) is 3.10. The van der Waals surface area contributed by atoms with Crippen LogP contribution in [0.25, 0.3) is 0 Å². The number of aromatic amines is 1.